The number of carbonyl (C=O) groups is 1. The van der Waals surface area contributed by atoms with Crippen LogP contribution in [0.5, 0.6) is 0 Å². The van der Waals surface area contributed by atoms with Crippen LogP contribution in [-0.2, 0) is 9.53 Å². The first kappa shape index (κ1) is 16.6. The van der Waals surface area contributed by atoms with Gasteiger partial charge in [-0.15, -0.1) is 11.8 Å². The Labute approximate surface area is 151 Å². The molecule has 5 nitrogen and oxygen atoms in total. The fourth-order valence-corrected chi connectivity index (χ4v) is 4.57. The van der Waals surface area contributed by atoms with Crippen molar-refractivity contribution in [3.8, 4) is 0 Å². The number of benzene rings is 2. The molecule has 0 spiro atoms. The molecule has 2 heterocycles. The van der Waals surface area contributed by atoms with Gasteiger partial charge in [-0.2, -0.15) is 0 Å². The average Bonchev–Trinajstić information content (AvgIpc) is 3.37. The Kier molecular flexibility index (Phi) is 4.52. The Morgan fingerprint density at radius 2 is 1.88 bits per heavy atom. The minimum atomic E-state index is -0.744. The average molecular weight is 355 g/mol. The molecule has 2 fully saturated rings. The van der Waals surface area contributed by atoms with Gasteiger partial charge in [0.2, 0.25) is 5.91 Å². The normalized spacial score (nSPS) is 29.2. The number of ether oxygens (including phenoxy) is 1. The topological polar surface area (TPSA) is 79.7 Å². The molecule has 2 aliphatic heterocycles. The Morgan fingerprint density at radius 3 is 2.60 bits per heavy atom. The Balaban J connectivity index is 1.57. The van der Waals surface area contributed by atoms with Crippen molar-refractivity contribution in [2.24, 2.45) is 5.73 Å². The van der Waals surface area contributed by atoms with Gasteiger partial charge in [-0.3, -0.25) is 10.1 Å². The van der Waals surface area contributed by atoms with Gasteiger partial charge in [0, 0.05) is 12.3 Å². The molecule has 0 saturated carbocycles. The van der Waals surface area contributed by atoms with Crippen LogP contribution in [0, 0.1) is 0 Å². The lowest BCUT2D eigenvalue weighted by Gasteiger charge is -2.25. The molecular formula is C19H21N3O2S. The van der Waals surface area contributed by atoms with Crippen molar-refractivity contribution in [2.45, 2.75) is 23.2 Å². The molecule has 0 aliphatic carbocycles. The largest absolute Gasteiger partial charge is 0.327 e. The highest BCUT2D eigenvalue weighted by atomic mass is 32.2. The number of nitrogens with one attached hydrogen (secondary N) is 2. The van der Waals surface area contributed by atoms with Crippen LogP contribution in [-0.4, -0.2) is 30.2 Å². The van der Waals surface area contributed by atoms with Gasteiger partial charge in [-0.25, -0.2) is 0 Å². The predicted octanol–water partition coefficient (Wildman–Crippen LogP) is 1.93. The van der Waals surface area contributed by atoms with Crippen molar-refractivity contribution in [1.29, 1.82) is 0 Å². The summed E-state index contributed by atoms with van der Waals surface area (Å²) in [5.41, 5.74) is 7.35. The van der Waals surface area contributed by atoms with Gasteiger partial charge in [0.05, 0.1) is 5.25 Å². The number of epoxide rings is 1. The summed E-state index contributed by atoms with van der Waals surface area (Å²) in [6.45, 7) is 0.848. The summed E-state index contributed by atoms with van der Waals surface area (Å²) < 4.78 is 5.95. The third-order valence-corrected chi connectivity index (χ3v) is 6.01. The second kappa shape index (κ2) is 6.80. The molecule has 0 bridgehead atoms. The van der Waals surface area contributed by atoms with E-state index in [4.69, 9.17) is 10.5 Å². The number of thioether (sulfide) groups is 1. The van der Waals surface area contributed by atoms with Crippen LogP contribution in [0.1, 0.15) is 22.4 Å². The van der Waals surface area contributed by atoms with Crippen molar-refractivity contribution in [3.05, 3.63) is 71.8 Å². The molecule has 0 radical (unpaired) electrons. The fraction of sp³-hybridized carbons (Fsp3) is 0.316. The van der Waals surface area contributed by atoms with Crippen LogP contribution in [0.4, 0.5) is 0 Å². The first-order valence-electron chi connectivity index (χ1n) is 8.41. The summed E-state index contributed by atoms with van der Waals surface area (Å²) in [5.74, 6) is 0.737. The zero-order valence-electron chi connectivity index (χ0n) is 13.7. The van der Waals surface area contributed by atoms with Gasteiger partial charge in [0.25, 0.3) is 0 Å². The van der Waals surface area contributed by atoms with Gasteiger partial charge >= 0.3 is 0 Å². The number of carbonyl (C=O) groups excluding carboxylic acids is 1. The fourth-order valence-electron chi connectivity index (χ4n) is 3.26. The summed E-state index contributed by atoms with van der Waals surface area (Å²) in [5, 5.41) is 6.46. The first-order chi connectivity index (χ1) is 12.2. The van der Waals surface area contributed by atoms with Crippen molar-refractivity contribution >= 4 is 17.7 Å². The lowest BCUT2D eigenvalue weighted by atomic mass is 10.0. The molecule has 0 aromatic heterocycles. The van der Waals surface area contributed by atoms with E-state index in [9.17, 15) is 4.79 Å². The molecule has 2 aromatic carbocycles. The van der Waals surface area contributed by atoms with E-state index in [1.807, 2.05) is 48.5 Å². The lowest BCUT2D eigenvalue weighted by molar-refractivity contribution is -0.124. The smallest absolute Gasteiger partial charge is 0.243 e. The van der Waals surface area contributed by atoms with Crippen molar-refractivity contribution in [1.82, 2.24) is 10.6 Å². The van der Waals surface area contributed by atoms with Crippen LogP contribution in [0.25, 0.3) is 0 Å². The van der Waals surface area contributed by atoms with E-state index in [1.165, 1.54) is 0 Å². The maximum Gasteiger partial charge on any atom is 0.243 e. The van der Waals surface area contributed by atoms with Crippen molar-refractivity contribution in [2.75, 3.05) is 12.3 Å². The van der Waals surface area contributed by atoms with Gasteiger partial charge in [-0.05, 0) is 11.1 Å². The molecule has 6 heteroatoms. The van der Waals surface area contributed by atoms with Crippen molar-refractivity contribution in [3.63, 3.8) is 0 Å². The zero-order chi connectivity index (χ0) is 17.3. The third-order valence-electron chi connectivity index (χ3n) is 4.61. The van der Waals surface area contributed by atoms with E-state index in [1.54, 1.807) is 11.8 Å². The number of amides is 1. The second-order valence-electron chi connectivity index (χ2n) is 6.28. The Morgan fingerprint density at radius 1 is 1.20 bits per heavy atom. The highest BCUT2D eigenvalue weighted by molar-refractivity contribution is 7.99. The van der Waals surface area contributed by atoms with E-state index in [-0.39, 0.29) is 17.4 Å². The summed E-state index contributed by atoms with van der Waals surface area (Å²) in [4.78, 5) is 12.8. The zero-order valence-corrected chi connectivity index (χ0v) is 14.5. The molecule has 1 amide bonds. The van der Waals surface area contributed by atoms with Crippen LogP contribution in [0.2, 0.25) is 0 Å². The van der Waals surface area contributed by atoms with E-state index in [2.05, 4.69) is 22.8 Å². The highest BCUT2D eigenvalue weighted by Crippen LogP contribution is 2.51. The molecule has 130 valence electrons. The summed E-state index contributed by atoms with van der Waals surface area (Å²) >= 11 is 1.79. The molecule has 4 N–H and O–H groups in total. The van der Waals surface area contributed by atoms with Crippen LogP contribution < -0.4 is 16.4 Å². The Bertz CT molecular complexity index is 743. The predicted molar refractivity (Wildman–Crippen MR) is 98.8 cm³/mol. The molecule has 2 saturated heterocycles. The lowest BCUT2D eigenvalue weighted by Crippen LogP contribution is -2.48. The van der Waals surface area contributed by atoms with Gasteiger partial charge in [-0.1, -0.05) is 60.7 Å². The Hall–Kier alpha value is -1.86. The number of nitrogens with two attached hydrogens (primary N) is 1. The van der Waals surface area contributed by atoms with E-state index in [0.29, 0.717) is 0 Å². The SMILES string of the molecule is N[C@H](C(=O)NC12OC1NCCSC2c1ccccc1)c1ccccc1. The molecule has 4 rings (SSSR count). The van der Waals surface area contributed by atoms with E-state index >= 15 is 0 Å². The monoisotopic (exact) mass is 355 g/mol. The van der Waals surface area contributed by atoms with E-state index < -0.39 is 11.8 Å². The first-order valence-corrected chi connectivity index (χ1v) is 9.46. The number of rotatable bonds is 4. The van der Waals surface area contributed by atoms with Gasteiger partial charge < -0.3 is 15.8 Å². The van der Waals surface area contributed by atoms with Crippen molar-refractivity contribution < 1.29 is 9.53 Å². The molecule has 25 heavy (non-hydrogen) atoms. The quantitative estimate of drug-likeness (QED) is 0.731. The molecule has 2 aliphatic rings. The van der Waals surface area contributed by atoms with Crippen LogP contribution in [0.3, 0.4) is 0 Å². The van der Waals surface area contributed by atoms with Gasteiger partial charge in [0.15, 0.2) is 12.0 Å². The maximum absolute atomic E-state index is 12.8. The summed E-state index contributed by atoms with van der Waals surface area (Å²) in [7, 11) is 0. The maximum atomic E-state index is 12.8. The third kappa shape index (κ3) is 3.18. The highest BCUT2D eigenvalue weighted by Gasteiger charge is 2.64. The van der Waals surface area contributed by atoms with Gasteiger partial charge in [0.1, 0.15) is 6.04 Å². The van der Waals surface area contributed by atoms with Crippen LogP contribution in [0.15, 0.2) is 60.7 Å². The molecule has 4 atom stereocenters. The minimum Gasteiger partial charge on any atom is -0.327 e. The van der Waals surface area contributed by atoms with Crippen LogP contribution >= 0.6 is 11.8 Å². The summed E-state index contributed by atoms with van der Waals surface area (Å²) in [6.07, 6.45) is -0.181. The molecule has 3 unspecified atom stereocenters. The second-order valence-corrected chi connectivity index (χ2v) is 7.50. The number of fused-ring (bicyclic) bond motifs is 1. The van der Waals surface area contributed by atoms with E-state index in [0.717, 1.165) is 23.4 Å². The minimum absolute atomic E-state index is 0.0284. The number of hydrogen-bond acceptors (Lipinski definition) is 5. The summed E-state index contributed by atoms with van der Waals surface area (Å²) in [6, 6.07) is 18.8. The molecular weight excluding hydrogens is 334 g/mol. The molecule has 2 aromatic rings. The standard InChI is InChI=1S/C19H21N3O2S/c20-15(13-7-3-1-4-8-13)17(23)22-19-16(14-9-5-2-6-10-14)25-12-11-21-18(19)24-19/h1-10,15-16,18,21H,11-12,20H2,(H,22,23)/t15-,16?,18?,19?/m0/s1. The number of hydrogen-bond donors (Lipinski definition) is 3.